The van der Waals surface area contributed by atoms with Crippen molar-refractivity contribution in [2.45, 2.75) is 78.1 Å². The molecule has 1 N–H and O–H groups in total. The van der Waals surface area contributed by atoms with Crippen LogP contribution in [0.15, 0.2) is 5.10 Å². The van der Waals surface area contributed by atoms with Gasteiger partial charge in [-0.3, -0.25) is 4.79 Å². The fourth-order valence-corrected chi connectivity index (χ4v) is 7.37. The first-order chi connectivity index (χ1) is 11.1. The minimum atomic E-state index is 0.245. The van der Waals surface area contributed by atoms with Crippen LogP contribution in [0, 0.1) is 34.5 Å². The van der Waals surface area contributed by atoms with Gasteiger partial charge in [-0.2, -0.15) is 5.10 Å². The third kappa shape index (κ3) is 2.21. The van der Waals surface area contributed by atoms with Gasteiger partial charge in [0.1, 0.15) is 0 Å². The molecule has 0 heterocycles. The molecule has 0 radical (unpaired) electrons. The summed E-state index contributed by atoms with van der Waals surface area (Å²) in [6, 6.07) is 0. The van der Waals surface area contributed by atoms with Crippen LogP contribution in [0.3, 0.4) is 0 Å². The molecule has 0 bridgehead atoms. The van der Waals surface area contributed by atoms with E-state index in [1.807, 2.05) is 0 Å². The lowest BCUT2D eigenvalue weighted by atomic mass is 9.45. The van der Waals surface area contributed by atoms with Gasteiger partial charge in [-0.05, 0) is 80.5 Å². The largest absolute Gasteiger partial charge is 0.277 e. The van der Waals surface area contributed by atoms with Crippen molar-refractivity contribution in [3.05, 3.63) is 0 Å². The lowest BCUT2D eigenvalue weighted by Gasteiger charge is -2.59. The third-order valence-electron chi connectivity index (χ3n) is 8.58. The van der Waals surface area contributed by atoms with E-state index >= 15 is 0 Å². The maximum Gasteiger partial charge on any atom is 0.227 e. The Morgan fingerprint density at radius 2 is 1.91 bits per heavy atom. The van der Waals surface area contributed by atoms with E-state index in [1.54, 1.807) is 0 Å². The van der Waals surface area contributed by atoms with Gasteiger partial charge in [0.15, 0.2) is 0 Å². The van der Waals surface area contributed by atoms with E-state index in [1.165, 1.54) is 63.5 Å². The zero-order chi connectivity index (χ0) is 16.1. The highest BCUT2D eigenvalue weighted by Gasteiger charge is 2.58. The first-order valence-electron chi connectivity index (χ1n) is 9.86. The number of rotatable bonds is 2. The van der Waals surface area contributed by atoms with Crippen molar-refractivity contribution in [2.24, 2.45) is 39.6 Å². The second-order valence-electron chi connectivity index (χ2n) is 9.20. The molecular formula is C20H32N2O. The number of carbonyl (C=O) groups excluding carboxylic acids is 1. The van der Waals surface area contributed by atoms with E-state index in [4.69, 9.17) is 0 Å². The summed E-state index contributed by atoms with van der Waals surface area (Å²) in [5.74, 6) is 3.64. The summed E-state index contributed by atoms with van der Waals surface area (Å²) in [5.41, 5.74) is 4.71. The van der Waals surface area contributed by atoms with Gasteiger partial charge in [0.25, 0.3) is 0 Å². The molecule has 4 aliphatic rings. The number of amides is 1. The molecular weight excluding hydrogens is 284 g/mol. The molecule has 4 aliphatic carbocycles. The number of hydrogen-bond acceptors (Lipinski definition) is 2. The number of fused-ring (bicyclic) bond motifs is 5. The molecule has 128 valence electrons. The van der Waals surface area contributed by atoms with Gasteiger partial charge in [-0.25, -0.2) is 5.43 Å². The molecule has 1 amide bonds. The fourth-order valence-electron chi connectivity index (χ4n) is 7.37. The molecule has 4 fully saturated rings. The second-order valence-corrected chi connectivity index (χ2v) is 9.20. The van der Waals surface area contributed by atoms with Crippen molar-refractivity contribution in [2.75, 3.05) is 0 Å². The molecule has 3 nitrogen and oxygen atoms in total. The molecule has 4 rings (SSSR count). The predicted molar refractivity (Wildman–Crippen MR) is 93.0 cm³/mol. The summed E-state index contributed by atoms with van der Waals surface area (Å²) in [6.45, 7) is 5.07. The van der Waals surface area contributed by atoms with E-state index in [9.17, 15) is 4.79 Å². The Labute approximate surface area is 140 Å². The molecule has 23 heavy (non-hydrogen) atoms. The minimum Gasteiger partial charge on any atom is -0.277 e. The average Bonchev–Trinajstić information content (AvgIpc) is 2.89. The number of hydrogen-bond donors (Lipinski definition) is 1. The van der Waals surface area contributed by atoms with E-state index in [2.05, 4.69) is 24.4 Å². The average molecular weight is 316 g/mol. The maximum absolute atomic E-state index is 10.6. The van der Waals surface area contributed by atoms with Crippen LogP contribution in [0.4, 0.5) is 0 Å². The summed E-state index contributed by atoms with van der Waals surface area (Å²) in [6.07, 6.45) is 14.5. The molecule has 6 atom stereocenters. The summed E-state index contributed by atoms with van der Waals surface area (Å²) in [5, 5.41) is 4.43. The molecule has 0 aromatic heterocycles. The molecule has 3 heteroatoms. The first-order valence-corrected chi connectivity index (χ1v) is 9.86. The maximum atomic E-state index is 10.6. The molecule has 0 spiro atoms. The van der Waals surface area contributed by atoms with Crippen LogP contribution in [-0.4, -0.2) is 12.1 Å². The molecule has 0 aromatic rings. The highest BCUT2D eigenvalue weighted by Crippen LogP contribution is 2.65. The van der Waals surface area contributed by atoms with Crippen LogP contribution in [0.25, 0.3) is 0 Å². The molecule has 0 aliphatic heterocycles. The van der Waals surface area contributed by atoms with E-state index in [-0.39, 0.29) is 5.41 Å². The molecule has 0 unspecified atom stereocenters. The quantitative estimate of drug-likeness (QED) is 0.590. The number of carbonyl (C=O) groups is 1. The van der Waals surface area contributed by atoms with Crippen molar-refractivity contribution in [3.63, 3.8) is 0 Å². The molecule has 4 saturated carbocycles. The number of nitrogens with zero attached hydrogens (tertiary/aromatic N) is 1. The fraction of sp³-hybridized carbons (Fsp3) is 0.900. The Morgan fingerprint density at radius 3 is 2.74 bits per heavy atom. The van der Waals surface area contributed by atoms with Gasteiger partial charge < -0.3 is 0 Å². The summed E-state index contributed by atoms with van der Waals surface area (Å²) in [7, 11) is 0. The van der Waals surface area contributed by atoms with Gasteiger partial charge >= 0.3 is 0 Å². The van der Waals surface area contributed by atoms with Crippen molar-refractivity contribution in [1.82, 2.24) is 5.43 Å². The smallest absolute Gasteiger partial charge is 0.227 e. The standard InChI is InChI=1S/C20H32N2O/c1-19-11-4-3-5-14(19)6-7-15-16-8-9-18(22-21-13-23)20(16,2)12-10-17(15)19/h13-17H,3-12H2,1-2H3,(H,21,23)/b22-18-/t14-,15-,16-,17-,19+,20+/m1/s1. The monoisotopic (exact) mass is 316 g/mol. The van der Waals surface area contributed by atoms with Gasteiger partial charge in [0, 0.05) is 11.1 Å². The van der Waals surface area contributed by atoms with Gasteiger partial charge in [-0.15, -0.1) is 0 Å². The summed E-state index contributed by atoms with van der Waals surface area (Å²) >= 11 is 0. The normalized spacial score (nSPS) is 50.8. The Kier molecular flexibility index (Phi) is 3.81. The Balaban J connectivity index is 1.61. The first kappa shape index (κ1) is 15.7. The highest BCUT2D eigenvalue weighted by atomic mass is 16.1. The van der Waals surface area contributed by atoms with Crippen LogP contribution in [-0.2, 0) is 4.79 Å². The van der Waals surface area contributed by atoms with Gasteiger partial charge in [-0.1, -0.05) is 26.7 Å². The van der Waals surface area contributed by atoms with Crippen LogP contribution < -0.4 is 5.43 Å². The Hall–Kier alpha value is -0.860. The van der Waals surface area contributed by atoms with Crippen LogP contribution >= 0.6 is 0 Å². The zero-order valence-electron chi connectivity index (χ0n) is 14.8. The lowest BCUT2D eigenvalue weighted by Crippen LogP contribution is -2.52. The van der Waals surface area contributed by atoms with Crippen molar-refractivity contribution < 1.29 is 4.79 Å². The highest BCUT2D eigenvalue weighted by molar-refractivity contribution is 5.92. The second kappa shape index (κ2) is 5.60. The Morgan fingerprint density at radius 1 is 1.04 bits per heavy atom. The van der Waals surface area contributed by atoms with E-state index < -0.39 is 0 Å². The SMILES string of the molecule is C[C@]12CCCC[C@@H]1CC[C@H]1[C@H]2CC[C@]2(C)/C(=N\NC=O)CC[C@H]12. The Bertz CT molecular complexity index is 516. The summed E-state index contributed by atoms with van der Waals surface area (Å²) in [4.78, 5) is 10.6. The topological polar surface area (TPSA) is 41.5 Å². The molecule has 0 aromatic carbocycles. The number of nitrogens with one attached hydrogen (secondary N) is 1. The van der Waals surface area contributed by atoms with Crippen molar-refractivity contribution in [1.29, 1.82) is 0 Å². The van der Waals surface area contributed by atoms with Crippen LogP contribution in [0.5, 0.6) is 0 Å². The van der Waals surface area contributed by atoms with Gasteiger partial charge in [0.2, 0.25) is 6.41 Å². The third-order valence-corrected chi connectivity index (χ3v) is 8.58. The molecule has 0 saturated heterocycles. The lowest BCUT2D eigenvalue weighted by molar-refractivity contribution is -0.109. The zero-order valence-corrected chi connectivity index (χ0v) is 14.8. The number of hydrazone groups is 1. The summed E-state index contributed by atoms with van der Waals surface area (Å²) < 4.78 is 0. The van der Waals surface area contributed by atoms with Crippen LogP contribution in [0.1, 0.15) is 78.1 Å². The van der Waals surface area contributed by atoms with Crippen molar-refractivity contribution in [3.8, 4) is 0 Å². The predicted octanol–water partition coefficient (Wildman–Crippen LogP) is 4.52. The van der Waals surface area contributed by atoms with E-state index in [0.717, 1.165) is 30.1 Å². The van der Waals surface area contributed by atoms with Gasteiger partial charge in [0.05, 0.1) is 0 Å². The van der Waals surface area contributed by atoms with Crippen molar-refractivity contribution >= 4 is 12.1 Å². The van der Waals surface area contributed by atoms with Crippen LogP contribution in [0.2, 0.25) is 0 Å². The minimum absolute atomic E-state index is 0.245. The van der Waals surface area contributed by atoms with E-state index in [0.29, 0.717) is 11.8 Å².